The van der Waals surface area contributed by atoms with Gasteiger partial charge in [0, 0.05) is 37.9 Å². The van der Waals surface area contributed by atoms with E-state index in [1.54, 1.807) is 20.4 Å². The number of hydrogen-bond acceptors (Lipinski definition) is 6. The normalized spacial score (nSPS) is 14.9. The summed E-state index contributed by atoms with van der Waals surface area (Å²) in [6.45, 7) is 1.82. The van der Waals surface area contributed by atoms with Gasteiger partial charge in [-0.15, -0.1) is 0 Å². The first-order valence-corrected chi connectivity index (χ1v) is 12.6. The number of amides is 1. The molecule has 7 nitrogen and oxygen atoms in total. The number of anilines is 1. The number of pyridine rings is 1. The molecular weight excluding hydrogens is 507 g/mol. The number of benzene rings is 2. The van der Waals surface area contributed by atoms with Crippen molar-refractivity contribution < 1.29 is 22.7 Å². The number of piperidine rings is 1. The molecule has 2 N–H and O–H groups in total. The summed E-state index contributed by atoms with van der Waals surface area (Å²) in [4.78, 5) is 20.1. The highest BCUT2D eigenvalue weighted by atomic mass is 19.4. The molecule has 0 radical (unpaired) electrons. The van der Waals surface area contributed by atoms with Crippen LogP contribution in [0.1, 0.15) is 29.5 Å². The monoisotopic (exact) mass is 537 g/mol. The Morgan fingerprint density at radius 1 is 1.13 bits per heavy atom. The van der Waals surface area contributed by atoms with Gasteiger partial charge in [0.1, 0.15) is 11.8 Å². The van der Waals surface area contributed by atoms with Gasteiger partial charge >= 0.3 is 6.18 Å². The number of methoxy groups -OCH3 is 1. The number of likely N-dealkylation sites (N-methyl/N-ethyl adjacent to an activating group) is 1. The molecule has 10 heteroatoms. The van der Waals surface area contributed by atoms with Gasteiger partial charge in [-0.2, -0.15) is 18.4 Å². The number of ether oxygens (including phenoxy) is 1. The van der Waals surface area contributed by atoms with E-state index in [-0.39, 0.29) is 11.5 Å². The molecule has 0 aliphatic carbocycles. The number of nitriles is 1. The van der Waals surface area contributed by atoms with E-state index in [1.807, 2.05) is 47.4 Å². The number of nitrogens with one attached hydrogen (secondary N) is 2. The maximum atomic E-state index is 13.6. The van der Waals surface area contributed by atoms with E-state index in [4.69, 9.17) is 4.74 Å². The maximum Gasteiger partial charge on any atom is 0.416 e. The zero-order valence-electron chi connectivity index (χ0n) is 21.8. The number of halogens is 3. The number of rotatable bonds is 8. The third kappa shape index (κ3) is 5.83. The van der Waals surface area contributed by atoms with Crippen molar-refractivity contribution in [2.24, 2.45) is 0 Å². The third-order valence-electron chi connectivity index (χ3n) is 7.20. The van der Waals surface area contributed by atoms with Crippen molar-refractivity contribution >= 4 is 11.6 Å². The number of nitrogens with zero attached hydrogens (tertiary/aromatic N) is 3. The molecule has 0 spiro atoms. The molecule has 1 aliphatic rings. The van der Waals surface area contributed by atoms with Gasteiger partial charge in [0.05, 0.1) is 35.0 Å². The zero-order chi connectivity index (χ0) is 28.0. The Hall–Kier alpha value is -4.10. The minimum atomic E-state index is -4.53. The maximum absolute atomic E-state index is 13.6. The lowest BCUT2D eigenvalue weighted by molar-refractivity contribution is -0.137. The van der Waals surface area contributed by atoms with Gasteiger partial charge in [0.15, 0.2) is 0 Å². The van der Waals surface area contributed by atoms with E-state index in [0.717, 1.165) is 23.3 Å². The fraction of sp³-hybridized carbons (Fsp3) is 0.345. The largest absolute Gasteiger partial charge is 0.496 e. The van der Waals surface area contributed by atoms with Gasteiger partial charge in [0.25, 0.3) is 0 Å². The first-order valence-electron chi connectivity index (χ1n) is 12.6. The van der Waals surface area contributed by atoms with Crippen LogP contribution < -0.4 is 20.3 Å². The second-order valence-electron chi connectivity index (χ2n) is 9.40. The second-order valence-corrected chi connectivity index (χ2v) is 9.40. The van der Waals surface area contributed by atoms with E-state index in [9.17, 15) is 23.2 Å². The van der Waals surface area contributed by atoms with Gasteiger partial charge < -0.3 is 20.3 Å². The van der Waals surface area contributed by atoms with Crippen molar-refractivity contribution in [2.45, 2.75) is 24.4 Å². The average Bonchev–Trinajstić information content (AvgIpc) is 2.96. The van der Waals surface area contributed by atoms with Crippen molar-refractivity contribution in [3.8, 4) is 23.1 Å². The SMILES string of the molecule is CNCCNC(=O)C1(c2ccc(-c3ccccc3OC)nc2)CCN(c2ccc(C(F)(F)F)cc2C#N)CC1. The number of hydrogen-bond donors (Lipinski definition) is 2. The number of carbonyl (C=O) groups is 1. The molecule has 0 saturated carbocycles. The number of para-hydroxylation sites is 1. The van der Waals surface area contributed by atoms with Crippen LogP contribution in [-0.2, 0) is 16.4 Å². The standard InChI is InChI=1S/C29H30F3N5O2/c1-34-13-14-35-27(38)28(22-7-9-24(36-19-22)23-5-3-4-6-26(23)39-2)11-15-37(16-12-28)25-10-8-21(29(30,31)32)17-20(25)18-33/h3-10,17,19,34H,11-16H2,1-2H3,(H,35,38). The van der Waals surface area contributed by atoms with Crippen LogP contribution in [0.3, 0.4) is 0 Å². The Morgan fingerprint density at radius 2 is 1.87 bits per heavy atom. The van der Waals surface area contributed by atoms with Crippen molar-refractivity contribution in [3.05, 3.63) is 77.5 Å². The van der Waals surface area contributed by atoms with E-state index < -0.39 is 17.2 Å². The predicted octanol–water partition coefficient (Wildman–Crippen LogP) is 4.52. The molecule has 39 heavy (non-hydrogen) atoms. The molecule has 0 unspecified atom stereocenters. The smallest absolute Gasteiger partial charge is 0.416 e. The fourth-order valence-electron chi connectivity index (χ4n) is 5.02. The summed E-state index contributed by atoms with van der Waals surface area (Å²) in [5, 5.41) is 15.6. The van der Waals surface area contributed by atoms with Crippen LogP contribution in [0.5, 0.6) is 5.75 Å². The van der Waals surface area contributed by atoms with Crippen LogP contribution in [0.2, 0.25) is 0 Å². The number of aromatic nitrogens is 1. The molecule has 1 saturated heterocycles. The summed E-state index contributed by atoms with van der Waals surface area (Å²) < 4.78 is 45.0. The Bertz CT molecular complexity index is 1340. The van der Waals surface area contributed by atoms with Crippen LogP contribution in [-0.4, -0.2) is 51.2 Å². The van der Waals surface area contributed by atoms with Crippen LogP contribution in [0, 0.1) is 11.3 Å². The van der Waals surface area contributed by atoms with Crippen LogP contribution >= 0.6 is 0 Å². The minimum absolute atomic E-state index is 0.0429. The van der Waals surface area contributed by atoms with Gasteiger partial charge in [-0.1, -0.05) is 18.2 Å². The Labute approximate surface area is 225 Å². The summed E-state index contributed by atoms with van der Waals surface area (Å²) in [6.07, 6.45) is -2.01. The molecule has 204 valence electrons. The first kappa shape index (κ1) is 27.9. The summed E-state index contributed by atoms with van der Waals surface area (Å²) >= 11 is 0. The summed E-state index contributed by atoms with van der Waals surface area (Å²) in [5.74, 6) is 0.563. The molecule has 3 aromatic rings. The molecule has 1 fully saturated rings. The lowest BCUT2D eigenvalue weighted by Crippen LogP contribution is -2.52. The molecule has 1 amide bonds. The Balaban J connectivity index is 1.63. The topological polar surface area (TPSA) is 90.3 Å². The molecular formula is C29H30F3N5O2. The quantitative estimate of drug-likeness (QED) is 0.411. The van der Waals surface area contributed by atoms with Crippen molar-refractivity contribution in [1.82, 2.24) is 15.6 Å². The molecule has 0 atom stereocenters. The number of alkyl halides is 3. The van der Waals surface area contributed by atoms with Gasteiger partial charge in [-0.25, -0.2) is 0 Å². The van der Waals surface area contributed by atoms with Crippen molar-refractivity contribution in [2.75, 3.05) is 45.2 Å². The highest BCUT2D eigenvalue weighted by molar-refractivity contribution is 5.89. The zero-order valence-corrected chi connectivity index (χ0v) is 21.8. The van der Waals surface area contributed by atoms with E-state index >= 15 is 0 Å². The first-order chi connectivity index (χ1) is 18.7. The Morgan fingerprint density at radius 3 is 2.49 bits per heavy atom. The predicted molar refractivity (Wildman–Crippen MR) is 142 cm³/mol. The molecule has 0 bridgehead atoms. The number of carbonyl (C=O) groups excluding carboxylic acids is 1. The summed E-state index contributed by atoms with van der Waals surface area (Å²) in [5.41, 5.74) is 0.950. The van der Waals surface area contributed by atoms with Crippen molar-refractivity contribution in [1.29, 1.82) is 5.26 Å². The van der Waals surface area contributed by atoms with Crippen LogP contribution in [0.15, 0.2) is 60.8 Å². The molecule has 2 aromatic carbocycles. The molecule has 1 aliphatic heterocycles. The van der Waals surface area contributed by atoms with Gasteiger partial charge in [0.2, 0.25) is 5.91 Å². The lowest BCUT2D eigenvalue weighted by Gasteiger charge is -2.42. The summed E-state index contributed by atoms with van der Waals surface area (Å²) in [6, 6.07) is 16.4. The molecule has 4 rings (SSSR count). The van der Waals surface area contributed by atoms with Crippen LogP contribution in [0.25, 0.3) is 11.3 Å². The van der Waals surface area contributed by atoms with Crippen molar-refractivity contribution in [3.63, 3.8) is 0 Å². The van der Waals surface area contributed by atoms with Gasteiger partial charge in [-0.3, -0.25) is 9.78 Å². The van der Waals surface area contributed by atoms with E-state index in [1.165, 1.54) is 6.07 Å². The molecule has 2 heterocycles. The third-order valence-corrected chi connectivity index (χ3v) is 7.20. The second kappa shape index (κ2) is 11.7. The van der Waals surface area contributed by atoms with Crippen LogP contribution in [0.4, 0.5) is 18.9 Å². The van der Waals surface area contributed by atoms with E-state index in [0.29, 0.717) is 56.2 Å². The summed E-state index contributed by atoms with van der Waals surface area (Å²) in [7, 11) is 3.40. The lowest BCUT2D eigenvalue weighted by atomic mass is 9.72. The highest BCUT2D eigenvalue weighted by Crippen LogP contribution is 2.40. The van der Waals surface area contributed by atoms with Gasteiger partial charge in [-0.05, 0) is 61.9 Å². The average molecular weight is 538 g/mol. The Kier molecular flexibility index (Phi) is 8.41. The fourth-order valence-corrected chi connectivity index (χ4v) is 5.02. The highest BCUT2D eigenvalue weighted by Gasteiger charge is 2.43. The van der Waals surface area contributed by atoms with E-state index in [2.05, 4.69) is 15.6 Å². The minimum Gasteiger partial charge on any atom is -0.496 e. The molecule has 1 aromatic heterocycles.